The lowest BCUT2D eigenvalue weighted by molar-refractivity contribution is 0.278. The van der Waals surface area contributed by atoms with Crippen LogP contribution in [0.25, 0.3) is 22.6 Å². The fourth-order valence-electron chi connectivity index (χ4n) is 2.24. The van der Waals surface area contributed by atoms with Crippen molar-refractivity contribution in [2.45, 2.75) is 13.5 Å². The van der Waals surface area contributed by atoms with Gasteiger partial charge in [0.15, 0.2) is 5.06 Å². The Hall–Kier alpha value is -2.18. The number of pyridine rings is 1. The molecule has 0 aromatic carbocycles. The van der Waals surface area contributed by atoms with Gasteiger partial charge in [-0.05, 0) is 30.0 Å². The number of hydrogen-bond donors (Lipinski definition) is 2. The molecule has 0 saturated heterocycles. The number of thiophene rings is 1. The predicted octanol–water partition coefficient (Wildman–Crippen LogP) is 3.01. The van der Waals surface area contributed by atoms with Crippen LogP contribution in [-0.4, -0.2) is 27.2 Å². The second-order valence-corrected chi connectivity index (χ2v) is 5.44. The van der Waals surface area contributed by atoms with Gasteiger partial charge in [0, 0.05) is 18.0 Å². The van der Waals surface area contributed by atoms with Gasteiger partial charge in [0.2, 0.25) is 0 Å². The Balaban J connectivity index is 2.14. The lowest BCUT2D eigenvalue weighted by Crippen LogP contribution is -1.88. The molecule has 0 aliphatic rings. The van der Waals surface area contributed by atoms with E-state index in [2.05, 4.69) is 15.0 Å². The number of aromatic nitrogens is 3. The number of aliphatic hydroxyl groups excluding tert-OH is 1. The van der Waals surface area contributed by atoms with E-state index in [0.29, 0.717) is 17.2 Å². The second kappa shape index (κ2) is 5.67. The molecule has 0 radical (unpaired) electrons. The normalized spacial score (nSPS) is 10.8. The van der Waals surface area contributed by atoms with Gasteiger partial charge in [-0.15, -0.1) is 11.3 Å². The van der Waals surface area contributed by atoms with Crippen LogP contribution in [0.3, 0.4) is 0 Å². The van der Waals surface area contributed by atoms with Crippen LogP contribution in [0.4, 0.5) is 0 Å². The van der Waals surface area contributed by atoms with Gasteiger partial charge in [-0.3, -0.25) is 4.98 Å². The van der Waals surface area contributed by atoms with Gasteiger partial charge < -0.3 is 14.8 Å². The Kier molecular flexibility index (Phi) is 3.72. The van der Waals surface area contributed by atoms with E-state index in [1.807, 2.05) is 24.4 Å². The number of imidazole rings is 1. The topological polar surface area (TPSA) is 71.0 Å². The van der Waals surface area contributed by atoms with Gasteiger partial charge in [0.1, 0.15) is 5.82 Å². The largest absolute Gasteiger partial charge is 0.487 e. The number of rotatable bonds is 4. The summed E-state index contributed by atoms with van der Waals surface area (Å²) in [7, 11) is 1.65. The first kappa shape index (κ1) is 13.8. The summed E-state index contributed by atoms with van der Waals surface area (Å²) in [5, 5.41) is 12.4. The Labute approximate surface area is 126 Å². The molecule has 3 heterocycles. The van der Waals surface area contributed by atoms with Crippen molar-refractivity contribution in [2.24, 2.45) is 0 Å². The maximum absolute atomic E-state index is 9.57. The van der Waals surface area contributed by atoms with Gasteiger partial charge >= 0.3 is 0 Å². The summed E-state index contributed by atoms with van der Waals surface area (Å²) in [4.78, 5) is 11.9. The van der Waals surface area contributed by atoms with Crippen molar-refractivity contribution >= 4 is 11.3 Å². The third-order valence-corrected chi connectivity index (χ3v) is 4.29. The summed E-state index contributed by atoms with van der Waals surface area (Å²) < 4.78 is 5.39. The van der Waals surface area contributed by atoms with Crippen LogP contribution >= 0.6 is 11.3 Å². The highest BCUT2D eigenvalue weighted by Gasteiger charge is 2.18. The lowest BCUT2D eigenvalue weighted by Gasteiger charge is -2.00. The molecule has 3 aromatic heterocycles. The quantitative estimate of drug-likeness (QED) is 0.777. The number of aryl methyl sites for hydroxylation is 1. The number of hydrogen-bond acceptors (Lipinski definition) is 5. The number of aliphatic hydroxyl groups is 1. The van der Waals surface area contributed by atoms with Crippen molar-refractivity contribution in [1.29, 1.82) is 0 Å². The third kappa shape index (κ3) is 2.43. The molecule has 0 spiro atoms. The highest BCUT2D eigenvalue weighted by Crippen LogP contribution is 2.38. The molecule has 0 bridgehead atoms. The Morgan fingerprint density at radius 2 is 2.29 bits per heavy atom. The van der Waals surface area contributed by atoms with E-state index >= 15 is 0 Å². The van der Waals surface area contributed by atoms with Crippen LogP contribution in [0.2, 0.25) is 0 Å². The van der Waals surface area contributed by atoms with E-state index in [1.54, 1.807) is 19.5 Å². The van der Waals surface area contributed by atoms with Crippen molar-refractivity contribution in [3.8, 4) is 27.7 Å². The highest BCUT2D eigenvalue weighted by molar-refractivity contribution is 7.12. The minimum absolute atomic E-state index is 0.108. The van der Waals surface area contributed by atoms with Crippen molar-refractivity contribution in [3.63, 3.8) is 0 Å². The average molecular weight is 301 g/mol. The fraction of sp³-hybridized carbons (Fsp3) is 0.200. The zero-order valence-electron chi connectivity index (χ0n) is 11.8. The van der Waals surface area contributed by atoms with E-state index < -0.39 is 0 Å². The number of nitrogens with one attached hydrogen (secondary N) is 1. The minimum Gasteiger partial charge on any atom is -0.487 e. The highest BCUT2D eigenvalue weighted by atomic mass is 32.1. The van der Waals surface area contributed by atoms with E-state index in [4.69, 9.17) is 4.74 Å². The Morgan fingerprint density at radius 1 is 1.43 bits per heavy atom. The summed E-state index contributed by atoms with van der Waals surface area (Å²) >= 11 is 1.53. The standard InChI is InChI=1S/C15H15N3O2S/c1-9-8-21-15(20-2)12(9)14-17-11(7-19)13(18-14)10-4-3-5-16-6-10/h3-6,8,19H,7H2,1-2H3,(H,17,18). The van der Waals surface area contributed by atoms with Gasteiger partial charge in [0.25, 0.3) is 0 Å². The van der Waals surface area contributed by atoms with Crippen LogP contribution in [0.5, 0.6) is 5.06 Å². The summed E-state index contributed by atoms with van der Waals surface area (Å²) in [6.07, 6.45) is 3.44. The van der Waals surface area contributed by atoms with Crippen molar-refractivity contribution in [1.82, 2.24) is 15.0 Å². The maximum Gasteiger partial charge on any atom is 0.184 e. The molecule has 0 saturated carbocycles. The Bertz CT molecular complexity index is 750. The van der Waals surface area contributed by atoms with E-state index in [0.717, 1.165) is 21.8 Å². The second-order valence-electron chi connectivity index (χ2n) is 4.60. The number of methoxy groups -OCH3 is 1. The molecule has 3 rings (SSSR count). The first-order valence-corrected chi connectivity index (χ1v) is 7.35. The molecule has 3 aromatic rings. The summed E-state index contributed by atoms with van der Waals surface area (Å²) in [6.45, 7) is 1.90. The zero-order valence-corrected chi connectivity index (χ0v) is 12.6. The predicted molar refractivity (Wildman–Crippen MR) is 82.3 cm³/mol. The van der Waals surface area contributed by atoms with Gasteiger partial charge in [-0.1, -0.05) is 0 Å². The van der Waals surface area contributed by atoms with E-state index in [-0.39, 0.29) is 6.61 Å². The Morgan fingerprint density at radius 3 is 2.95 bits per heavy atom. The van der Waals surface area contributed by atoms with Gasteiger partial charge in [-0.2, -0.15) is 0 Å². The minimum atomic E-state index is -0.108. The molecule has 0 atom stereocenters. The summed E-state index contributed by atoms with van der Waals surface area (Å²) in [5.41, 5.74) is 4.29. The third-order valence-electron chi connectivity index (χ3n) is 3.24. The number of ether oxygens (including phenoxy) is 1. The molecule has 0 unspecified atom stereocenters. The molecule has 5 nitrogen and oxygen atoms in total. The van der Waals surface area contributed by atoms with Gasteiger partial charge in [-0.25, -0.2) is 4.98 Å². The molecule has 0 amide bonds. The summed E-state index contributed by atoms with van der Waals surface area (Å²) in [5.74, 6) is 0.702. The molecule has 0 aliphatic carbocycles. The molecule has 2 N–H and O–H groups in total. The van der Waals surface area contributed by atoms with E-state index in [9.17, 15) is 5.11 Å². The smallest absolute Gasteiger partial charge is 0.184 e. The first-order valence-electron chi connectivity index (χ1n) is 6.47. The van der Waals surface area contributed by atoms with Gasteiger partial charge in [0.05, 0.1) is 30.7 Å². The molecule has 0 fully saturated rings. The number of aromatic amines is 1. The molecular weight excluding hydrogens is 286 g/mol. The monoisotopic (exact) mass is 301 g/mol. The van der Waals surface area contributed by atoms with Crippen molar-refractivity contribution in [2.75, 3.05) is 7.11 Å². The van der Waals surface area contributed by atoms with Crippen LogP contribution < -0.4 is 4.74 Å². The fourth-order valence-corrected chi connectivity index (χ4v) is 3.11. The number of nitrogens with zero attached hydrogens (tertiary/aromatic N) is 2. The zero-order chi connectivity index (χ0) is 14.8. The SMILES string of the molecule is COc1scc(C)c1-c1nc(-c2cccnc2)c(CO)[nH]1. The van der Waals surface area contributed by atoms with Crippen LogP contribution in [-0.2, 0) is 6.61 Å². The van der Waals surface area contributed by atoms with Crippen LogP contribution in [0.1, 0.15) is 11.3 Å². The molecular formula is C15H15N3O2S. The average Bonchev–Trinajstić information content (AvgIpc) is 3.10. The van der Waals surface area contributed by atoms with Crippen molar-refractivity contribution < 1.29 is 9.84 Å². The summed E-state index contributed by atoms with van der Waals surface area (Å²) in [6, 6.07) is 3.77. The van der Waals surface area contributed by atoms with Crippen LogP contribution in [0.15, 0.2) is 29.9 Å². The maximum atomic E-state index is 9.57. The first-order chi connectivity index (χ1) is 10.2. The number of H-pyrrole nitrogens is 1. The van der Waals surface area contributed by atoms with Crippen LogP contribution in [0, 0.1) is 6.92 Å². The van der Waals surface area contributed by atoms with E-state index in [1.165, 1.54) is 11.3 Å². The lowest BCUT2D eigenvalue weighted by atomic mass is 10.2. The molecule has 21 heavy (non-hydrogen) atoms. The molecule has 6 heteroatoms. The van der Waals surface area contributed by atoms with Crippen molar-refractivity contribution in [3.05, 3.63) is 41.2 Å². The molecule has 0 aliphatic heterocycles. The molecule has 108 valence electrons.